The number of rotatable bonds is 4. The first kappa shape index (κ1) is 14.8. The van der Waals surface area contributed by atoms with Crippen LogP contribution in [0.2, 0.25) is 0 Å². The van der Waals surface area contributed by atoms with Crippen LogP contribution in [0.1, 0.15) is 16.7 Å². The maximum atomic E-state index is 10.7. The molecule has 0 saturated carbocycles. The van der Waals surface area contributed by atoms with Gasteiger partial charge in [-0.15, -0.1) is 0 Å². The second-order valence-electron chi connectivity index (χ2n) is 5.45. The first-order chi connectivity index (χ1) is 11.1. The van der Waals surface area contributed by atoms with Gasteiger partial charge < -0.3 is 10.3 Å². The largest absolute Gasteiger partial charge is 0.350 e. The van der Waals surface area contributed by atoms with Crippen molar-refractivity contribution in [2.24, 2.45) is 10.8 Å². The molecular formula is C18H18N4O. The summed E-state index contributed by atoms with van der Waals surface area (Å²) in [4.78, 5) is 10.7. The van der Waals surface area contributed by atoms with Gasteiger partial charge in [0, 0.05) is 29.2 Å². The Morgan fingerprint density at radius 2 is 1.96 bits per heavy atom. The molecule has 5 nitrogen and oxygen atoms in total. The highest BCUT2D eigenvalue weighted by Gasteiger charge is 2.07. The van der Waals surface area contributed by atoms with Gasteiger partial charge in [-0.3, -0.25) is 0 Å². The minimum Gasteiger partial charge on any atom is -0.350 e. The molecule has 3 rings (SSSR count). The summed E-state index contributed by atoms with van der Waals surface area (Å²) in [5.41, 5.74) is 11.8. The zero-order valence-corrected chi connectivity index (χ0v) is 12.9. The smallest absolute Gasteiger partial charge is 0.332 e. The Hall–Kier alpha value is -3.08. The number of primary amides is 1. The van der Waals surface area contributed by atoms with E-state index in [0.717, 1.165) is 23.0 Å². The first-order valence-corrected chi connectivity index (χ1v) is 7.35. The summed E-state index contributed by atoms with van der Waals surface area (Å²) in [5.74, 6) is 0. The number of aromatic nitrogens is 1. The van der Waals surface area contributed by atoms with Crippen LogP contribution in [-0.4, -0.2) is 16.8 Å². The molecule has 0 spiro atoms. The standard InChI is InChI=1S/C18H18N4O/c1-13-6-8-14(9-7-13)11-22-12-15(10-20-21-18(19)23)16-4-2-3-5-17(16)22/h2-10,12H,11H2,1H3,(H3,19,21,23)/b20-10+. The Kier molecular flexibility index (Phi) is 4.10. The summed E-state index contributed by atoms with van der Waals surface area (Å²) in [6.45, 7) is 2.85. The lowest BCUT2D eigenvalue weighted by Crippen LogP contribution is -2.24. The zero-order chi connectivity index (χ0) is 16.2. The molecule has 3 aromatic rings. The molecule has 23 heavy (non-hydrogen) atoms. The highest BCUT2D eigenvalue weighted by Crippen LogP contribution is 2.21. The number of urea groups is 1. The monoisotopic (exact) mass is 306 g/mol. The highest BCUT2D eigenvalue weighted by molar-refractivity contribution is 5.99. The predicted molar refractivity (Wildman–Crippen MR) is 92.5 cm³/mol. The quantitative estimate of drug-likeness (QED) is 0.564. The fourth-order valence-electron chi connectivity index (χ4n) is 2.56. The molecule has 0 atom stereocenters. The summed E-state index contributed by atoms with van der Waals surface area (Å²) in [6, 6.07) is 15.9. The summed E-state index contributed by atoms with van der Waals surface area (Å²) in [6.07, 6.45) is 3.63. The number of nitrogens with one attached hydrogen (secondary N) is 1. The van der Waals surface area contributed by atoms with E-state index in [4.69, 9.17) is 5.73 Å². The van der Waals surface area contributed by atoms with E-state index in [-0.39, 0.29) is 0 Å². The molecule has 0 radical (unpaired) electrons. The van der Waals surface area contributed by atoms with Crippen LogP contribution in [0.25, 0.3) is 10.9 Å². The van der Waals surface area contributed by atoms with Gasteiger partial charge in [0.05, 0.1) is 6.21 Å². The van der Waals surface area contributed by atoms with E-state index in [9.17, 15) is 4.79 Å². The van der Waals surface area contributed by atoms with Crippen molar-refractivity contribution in [3.8, 4) is 0 Å². The Bertz CT molecular complexity index is 862. The third kappa shape index (κ3) is 3.40. The molecule has 1 aromatic heterocycles. The maximum absolute atomic E-state index is 10.7. The van der Waals surface area contributed by atoms with Gasteiger partial charge in [-0.2, -0.15) is 5.10 Å². The third-order valence-electron chi connectivity index (χ3n) is 3.67. The van der Waals surface area contributed by atoms with Crippen LogP contribution in [0.4, 0.5) is 4.79 Å². The zero-order valence-electron chi connectivity index (χ0n) is 12.9. The van der Waals surface area contributed by atoms with E-state index in [2.05, 4.69) is 52.3 Å². The number of nitrogens with two attached hydrogens (primary N) is 1. The lowest BCUT2D eigenvalue weighted by molar-refractivity contribution is 0.249. The molecule has 0 bridgehead atoms. The molecule has 1 heterocycles. The number of fused-ring (bicyclic) bond motifs is 1. The van der Waals surface area contributed by atoms with Crippen molar-refractivity contribution in [2.45, 2.75) is 13.5 Å². The number of para-hydroxylation sites is 1. The van der Waals surface area contributed by atoms with Crippen LogP contribution in [0.15, 0.2) is 59.8 Å². The predicted octanol–water partition coefficient (Wildman–Crippen LogP) is 3.00. The fourth-order valence-corrected chi connectivity index (χ4v) is 2.56. The van der Waals surface area contributed by atoms with Crippen LogP contribution in [0.5, 0.6) is 0 Å². The van der Waals surface area contributed by atoms with Crippen molar-refractivity contribution in [1.29, 1.82) is 0 Å². The van der Waals surface area contributed by atoms with Crippen molar-refractivity contribution in [3.63, 3.8) is 0 Å². The molecule has 0 fully saturated rings. The number of carbonyl (C=O) groups excluding carboxylic acids is 1. The number of benzene rings is 2. The molecular weight excluding hydrogens is 288 g/mol. The lowest BCUT2D eigenvalue weighted by atomic mass is 10.1. The van der Waals surface area contributed by atoms with Crippen LogP contribution < -0.4 is 11.2 Å². The fraction of sp³-hybridized carbons (Fsp3) is 0.111. The first-order valence-electron chi connectivity index (χ1n) is 7.35. The Labute approximate surface area is 134 Å². The number of hydrazone groups is 1. The minimum absolute atomic E-state index is 0.676. The van der Waals surface area contributed by atoms with Crippen molar-refractivity contribution in [3.05, 3.63) is 71.4 Å². The van der Waals surface area contributed by atoms with Crippen molar-refractivity contribution in [2.75, 3.05) is 0 Å². The molecule has 5 heteroatoms. The SMILES string of the molecule is Cc1ccc(Cn2cc(/C=N/NC(N)=O)c3ccccc32)cc1. The van der Waals surface area contributed by atoms with Gasteiger partial charge in [0.2, 0.25) is 0 Å². The van der Waals surface area contributed by atoms with Gasteiger partial charge in [0.1, 0.15) is 0 Å². The summed E-state index contributed by atoms with van der Waals surface area (Å²) >= 11 is 0. The van der Waals surface area contributed by atoms with Gasteiger partial charge in [-0.1, -0.05) is 48.0 Å². The van der Waals surface area contributed by atoms with E-state index in [0.29, 0.717) is 0 Å². The molecule has 0 aliphatic rings. The van der Waals surface area contributed by atoms with Crippen molar-refractivity contribution in [1.82, 2.24) is 9.99 Å². The summed E-state index contributed by atoms with van der Waals surface area (Å²) < 4.78 is 2.17. The van der Waals surface area contributed by atoms with Crippen LogP contribution in [-0.2, 0) is 6.54 Å². The number of hydrogen-bond acceptors (Lipinski definition) is 2. The number of carbonyl (C=O) groups is 1. The molecule has 116 valence electrons. The molecule has 3 N–H and O–H groups in total. The minimum atomic E-state index is -0.676. The van der Waals surface area contributed by atoms with E-state index in [1.807, 2.05) is 24.4 Å². The number of hydrogen-bond donors (Lipinski definition) is 2. The van der Waals surface area contributed by atoms with Crippen LogP contribution in [0, 0.1) is 6.92 Å². The van der Waals surface area contributed by atoms with Crippen molar-refractivity contribution >= 4 is 23.1 Å². The Balaban J connectivity index is 1.95. The van der Waals surface area contributed by atoms with Gasteiger partial charge >= 0.3 is 6.03 Å². The van der Waals surface area contributed by atoms with E-state index in [1.165, 1.54) is 11.1 Å². The second-order valence-corrected chi connectivity index (χ2v) is 5.45. The van der Waals surface area contributed by atoms with Gasteiger partial charge in [0.25, 0.3) is 0 Å². The number of nitrogens with zero attached hydrogens (tertiary/aromatic N) is 2. The number of amides is 2. The highest BCUT2D eigenvalue weighted by atomic mass is 16.2. The maximum Gasteiger partial charge on any atom is 0.332 e. The van der Waals surface area contributed by atoms with E-state index in [1.54, 1.807) is 6.21 Å². The van der Waals surface area contributed by atoms with Crippen LogP contribution in [0.3, 0.4) is 0 Å². The molecule has 2 aromatic carbocycles. The lowest BCUT2D eigenvalue weighted by Gasteiger charge is -2.06. The average molecular weight is 306 g/mol. The second kappa shape index (κ2) is 6.36. The average Bonchev–Trinajstić information content (AvgIpc) is 2.88. The van der Waals surface area contributed by atoms with E-state index >= 15 is 0 Å². The van der Waals surface area contributed by atoms with Gasteiger partial charge in [0.15, 0.2) is 0 Å². The van der Waals surface area contributed by atoms with Crippen molar-refractivity contribution < 1.29 is 4.79 Å². The Morgan fingerprint density at radius 3 is 2.70 bits per heavy atom. The molecule has 0 saturated heterocycles. The Morgan fingerprint density at radius 1 is 1.22 bits per heavy atom. The van der Waals surface area contributed by atoms with E-state index < -0.39 is 6.03 Å². The van der Waals surface area contributed by atoms with Gasteiger partial charge in [-0.05, 0) is 18.6 Å². The number of aryl methyl sites for hydroxylation is 1. The normalized spacial score (nSPS) is 11.2. The summed E-state index contributed by atoms with van der Waals surface area (Å²) in [5, 5.41) is 4.94. The molecule has 0 unspecified atom stereocenters. The van der Waals surface area contributed by atoms with Gasteiger partial charge in [-0.25, -0.2) is 10.2 Å². The molecule has 0 aliphatic carbocycles. The molecule has 0 aliphatic heterocycles. The third-order valence-corrected chi connectivity index (χ3v) is 3.67. The summed E-state index contributed by atoms with van der Waals surface area (Å²) in [7, 11) is 0. The van der Waals surface area contributed by atoms with Crippen LogP contribution >= 0.6 is 0 Å². The topological polar surface area (TPSA) is 72.4 Å². The molecule has 2 amide bonds.